The van der Waals surface area contributed by atoms with Crippen molar-refractivity contribution in [2.45, 2.75) is 0 Å². The van der Waals surface area contributed by atoms with Crippen molar-refractivity contribution >= 4 is 50.6 Å². The molecule has 0 fully saturated rings. The molecule has 0 atom stereocenters. The first-order chi connectivity index (χ1) is 9.54. The van der Waals surface area contributed by atoms with Gasteiger partial charge in [0.25, 0.3) is 5.69 Å². The van der Waals surface area contributed by atoms with Gasteiger partial charge in [-0.15, -0.1) is 11.3 Å². The molecule has 0 saturated carbocycles. The summed E-state index contributed by atoms with van der Waals surface area (Å²) in [6.45, 7) is 0. The first-order valence-corrected chi connectivity index (χ1v) is 7.14. The van der Waals surface area contributed by atoms with Crippen molar-refractivity contribution in [1.29, 1.82) is 0 Å². The number of non-ortho nitro benzene ring substituents is 1. The molecule has 0 aliphatic rings. The molecule has 0 radical (unpaired) electrons. The number of nitro groups is 1. The molecule has 0 aliphatic heterocycles. The number of carbonyl (C=O) groups is 1. The maximum absolute atomic E-state index is 11.7. The number of thiophene rings is 1. The van der Waals surface area contributed by atoms with E-state index in [2.05, 4.69) is 21.2 Å². The maximum Gasteiger partial charge on any atom is 0.269 e. The lowest BCUT2D eigenvalue weighted by molar-refractivity contribution is -0.384. The van der Waals surface area contributed by atoms with Gasteiger partial charge in [-0.1, -0.05) is 0 Å². The van der Waals surface area contributed by atoms with Crippen LogP contribution in [0.15, 0.2) is 46.3 Å². The van der Waals surface area contributed by atoms with Gasteiger partial charge < -0.3 is 5.32 Å². The third-order valence-corrected chi connectivity index (χ3v) is 3.93. The van der Waals surface area contributed by atoms with Crippen LogP contribution in [0.3, 0.4) is 0 Å². The summed E-state index contributed by atoms with van der Waals surface area (Å²) in [4.78, 5) is 22.6. The van der Waals surface area contributed by atoms with Gasteiger partial charge in [-0.3, -0.25) is 14.9 Å². The van der Waals surface area contributed by atoms with Crippen LogP contribution in [0.4, 0.5) is 11.4 Å². The zero-order valence-electron chi connectivity index (χ0n) is 10.1. The predicted octanol–water partition coefficient (Wildman–Crippen LogP) is 4.07. The Balaban J connectivity index is 1.97. The van der Waals surface area contributed by atoms with E-state index in [0.717, 1.165) is 8.66 Å². The molecule has 20 heavy (non-hydrogen) atoms. The zero-order chi connectivity index (χ0) is 14.5. The molecule has 0 aliphatic carbocycles. The van der Waals surface area contributed by atoms with Crippen molar-refractivity contribution in [2.75, 3.05) is 5.32 Å². The molecule has 1 aromatic carbocycles. The van der Waals surface area contributed by atoms with E-state index in [4.69, 9.17) is 0 Å². The summed E-state index contributed by atoms with van der Waals surface area (Å²) in [6, 6.07) is 9.46. The summed E-state index contributed by atoms with van der Waals surface area (Å²) in [6.07, 6.45) is 3.12. The Labute approximate surface area is 127 Å². The molecule has 2 rings (SSSR count). The smallest absolute Gasteiger partial charge is 0.269 e. The molecule has 102 valence electrons. The number of carbonyl (C=O) groups excluding carboxylic acids is 1. The van der Waals surface area contributed by atoms with Crippen molar-refractivity contribution in [3.63, 3.8) is 0 Å². The maximum atomic E-state index is 11.7. The minimum Gasteiger partial charge on any atom is -0.323 e. The summed E-state index contributed by atoms with van der Waals surface area (Å²) in [5, 5.41) is 13.1. The molecule has 1 heterocycles. The monoisotopic (exact) mass is 352 g/mol. The van der Waals surface area contributed by atoms with Crippen LogP contribution < -0.4 is 5.32 Å². The van der Waals surface area contributed by atoms with E-state index in [1.807, 2.05) is 12.1 Å². The second-order valence-corrected chi connectivity index (χ2v) is 6.26. The summed E-state index contributed by atoms with van der Waals surface area (Å²) < 4.78 is 0.993. The lowest BCUT2D eigenvalue weighted by atomic mass is 10.3. The van der Waals surface area contributed by atoms with Crippen molar-refractivity contribution < 1.29 is 9.72 Å². The highest BCUT2D eigenvalue weighted by atomic mass is 79.9. The molecular formula is C13H9BrN2O3S. The fraction of sp³-hybridized carbons (Fsp3) is 0. The summed E-state index contributed by atoms with van der Waals surface area (Å²) in [5.74, 6) is -0.289. The Morgan fingerprint density at radius 3 is 2.50 bits per heavy atom. The van der Waals surface area contributed by atoms with Gasteiger partial charge in [0, 0.05) is 28.8 Å². The number of amides is 1. The van der Waals surface area contributed by atoms with Crippen LogP contribution in [-0.2, 0) is 4.79 Å². The predicted molar refractivity (Wildman–Crippen MR) is 82.8 cm³/mol. The van der Waals surface area contributed by atoms with Crippen LogP contribution >= 0.6 is 27.3 Å². The molecule has 0 unspecified atom stereocenters. The first kappa shape index (κ1) is 14.4. The third kappa shape index (κ3) is 4.01. The molecule has 1 N–H and O–H groups in total. The van der Waals surface area contributed by atoms with Gasteiger partial charge in [0.1, 0.15) is 0 Å². The van der Waals surface area contributed by atoms with E-state index in [0.29, 0.717) is 5.69 Å². The summed E-state index contributed by atoms with van der Waals surface area (Å²) in [5.41, 5.74) is 0.500. The topological polar surface area (TPSA) is 72.2 Å². The number of nitro benzene ring substituents is 1. The van der Waals surface area contributed by atoms with E-state index in [-0.39, 0.29) is 11.6 Å². The van der Waals surface area contributed by atoms with Gasteiger partial charge >= 0.3 is 0 Å². The van der Waals surface area contributed by atoms with Gasteiger partial charge in [0.2, 0.25) is 5.91 Å². The largest absolute Gasteiger partial charge is 0.323 e. The SMILES string of the molecule is O=C(/C=C/c1ccc(Br)s1)Nc1ccc([N+](=O)[O-])cc1. The fourth-order valence-electron chi connectivity index (χ4n) is 1.43. The number of anilines is 1. The highest BCUT2D eigenvalue weighted by molar-refractivity contribution is 9.11. The Bertz CT molecular complexity index is 665. The Hall–Kier alpha value is -1.99. The number of nitrogens with zero attached hydrogens (tertiary/aromatic N) is 1. The van der Waals surface area contributed by atoms with Crippen LogP contribution in [-0.4, -0.2) is 10.8 Å². The van der Waals surface area contributed by atoms with E-state index >= 15 is 0 Å². The molecule has 1 aromatic heterocycles. The number of benzene rings is 1. The number of hydrogen-bond donors (Lipinski definition) is 1. The first-order valence-electron chi connectivity index (χ1n) is 5.53. The molecule has 1 amide bonds. The molecular weight excluding hydrogens is 344 g/mol. The van der Waals surface area contributed by atoms with Crippen molar-refractivity contribution in [3.05, 3.63) is 61.3 Å². The number of nitrogens with one attached hydrogen (secondary N) is 1. The Kier molecular flexibility index (Phi) is 4.65. The second-order valence-electron chi connectivity index (χ2n) is 3.77. The molecule has 2 aromatic rings. The summed E-state index contributed by atoms with van der Waals surface area (Å²) >= 11 is 4.86. The van der Waals surface area contributed by atoms with Crippen LogP contribution in [0.2, 0.25) is 0 Å². The van der Waals surface area contributed by atoms with Crippen LogP contribution in [0.25, 0.3) is 6.08 Å². The molecule has 0 bridgehead atoms. The average molecular weight is 353 g/mol. The second kappa shape index (κ2) is 6.44. The van der Waals surface area contributed by atoms with Crippen LogP contribution in [0.5, 0.6) is 0 Å². The number of hydrogen-bond acceptors (Lipinski definition) is 4. The minimum absolute atomic E-state index is 0.0121. The summed E-state index contributed by atoms with van der Waals surface area (Å²) in [7, 11) is 0. The lowest BCUT2D eigenvalue weighted by Crippen LogP contribution is -2.07. The third-order valence-electron chi connectivity index (χ3n) is 2.34. The lowest BCUT2D eigenvalue weighted by Gasteiger charge is -2.00. The van der Waals surface area contributed by atoms with Gasteiger partial charge in [-0.05, 0) is 46.3 Å². The normalized spacial score (nSPS) is 10.7. The van der Waals surface area contributed by atoms with E-state index in [9.17, 15) is 14.9 Å². The van der Waals surface area contributed by atoms with E-state index in [1.54, 1.807) is 6.08 Å². The van der Waals surface area contributed by atoms with Gasteiger partial charge in [-0.2, -0.15) is 0 Å². The zero-order valence-corrected chi connectivity index (χ0v) is 12.5. The van der Waals surface area contributed by atoms with Crippen molar-refractivity contribution in [1.82, 2.24) is 0 Å². The van der Waals surface area contributed by atoms with E-state index in [1.165, 1.54) is 41.7 Å². The van der Waals surface area contributed by atoms with Gasteiger partial charge in [0.15, 0.2) is 0 Å². The molecule has 5 nitrogen and oxygen atoms in total. The standard InChI is InChI=1S/C13H9BrN2O3S/c14-12-7-5-11(20-12)6-8-13(17)15-9-1-3-10(4-2-9)16(18)19/h1-8H,(H,15,17)/b8-6+. The van der Waals surface area contributed by atoms with Gasteiger partial charge in [0.05, 0.1) is 8.71 Å². The van der Waals surface area contributed by atoms with Crippen molar-refractivity contribution in [2.24, 2.45) is 0 Å². The molecule has 0 spiro atoms. The van der Waals surface area contributed by atoms with Crippen LogP contribution in [0, 0.1) is 10.1 Å². The Morgan fingerprint density at radius 1 is 1.25 bits per heavy atom. The van der Waals surface area contributed by atoms with Crippen LogP contribution in [0.1, 0.15) is 4.88 Å². The highest BCUT2D eigenvalue weighted by Crippen LogP contribution is 2.23. The Morgan fingerprint density at radius 2 is 1.95 bits per heavy atom. The minimum atomic E-state index is -0.486. The number of rotatable bonds is 4. The number of halogens is 1. The van der Waals surface area contributed by atoms with Gasteiger partial charge in [-0.25, -0.2) is 0 Å². The molecule has 7 heteroatoms. The quantitative estimate of drug-likeness (QED) is 0.512. The average Bonchev–Trinajstić information content (AvgIpc) is 2.83. The van der Waals surface area contributed by atoms with E-state index < -0.39 is 4.92 Å². The fourth-order valence-corrected chi connectivity index (χ4v) is 2.75. The highest BCUT2D eigenvalue weighted by Gasteiger charge is 2.04. The van der Waals surface area contributed by atoms with Crippen molar-refractivity contribution in [3.8, 4) is 0 Å². The molecule has 0 saturated heterocycles.